The highest BCUT2D eigenvalue weighted by Gasteiger charge is 2.20. The van der Waals surface area contributed by atoms with Gasteiger partial charge in [0.2, 0.25) is 0 Å². The number of hydrogen-bond acceptors (Lipinski definition) is 4. The highest BCUT2D eigenvalue weighted by atomic mass is 35.5. The lowest BCUT2D eigenvalue weighted by atomic mass is 10.3. The summed E-state index contributed by atoms with van der Waals surface area (Å²) in [5.74, 6) is -2.10. The number of sulfonamides is 1. The van der Waals surface area contributed by atoms with Gasteiger partial charge in [0.15, 0.2) is 11.0 Å². The van der Waals surface area contributed by atoms with Gasteiger partial charge in [0.1, 0.15) is 16.5 Å². The van der Waals surface area contributed by atoms with Crippen LogP contribution in [0.1, 0.15) is 0 Å². The van der Waals surface area contributed by atoms with Gasteiger partial charge in [-0.1, -0.05) is 11.6 Å². The second-order valence-electron chi connectivity index (χ2n) is 3.42. The Morgan fingerprint density at radius 1 is 1.11 bits per heavy atom. The van der Waals surface area contributed by atoms with Gasteiger partial charge < -0.3 is 0 Å². The third kappa shape index (κ3) is 3.15. The van der Waals surface area contributed by atoms with Crippen molar-refractivity contribution < 1.29 is 17.2 Å². The minimum absolute atomic E-state index is 0.0693. The molecule has 0 aliphatic rings. The van der Waals surface area contributed by atoms with Crippen LogP contribution in [0.25, 0.3) is 0 Å². The molecular formula is C10H6ClF2N3O2S. The maximum Gasteiger partial charge on any atom is 0.266 e. The average Bonchev–Trinajstić information content (AvgIpc) is 2.35. The van der Waals surface area contributed by atoms with Gasteiger partial charge in [-0.15, -0.1) is 10.2 Å². The molecule has 2 rings (SSSR count). The van der Waals surface area contributed by atoms with E-state index in [4.69, 9.17) is 11.6 Å². The Morgan fingerprint density at radius 2 is 1.84 bits per heavy atom. The molecule has 0 atom stereocenters. The quantitative estimate of drug-likeness (QED) is 0.943. The van der Waals surface area contributed by atoms with Gasteiger partial charge in [-0.2, -0.15) is 0 Å². The first kappa shape index (κ1) is 13.6. The molecule has 0 aliphatic heterocycles. The molecule has 0 bridgehead atoms. The molecule has 9 heteroatoms. The summed E-state index contributed by atoms with van der Waals surface area (Å²) in [6.07, 6.45) is 0. The van der Waals surface area contributed by atoms with Crippen molar-refractivity contribution in [3.05, 3.63) is 47.1 Å². The van der Waals surface area contributed by atoms with E-state index in [2.05, 4.69) is 10.2 Å². The fourth-order valence-corrected chi connectivity index (χ4v) is 2.43. The average molecular weight is 306 g/mol. The van der Waals surface area contributed by atoms with Gasteiger partial charge in [0.05, 0.1) is 0 Å². The second kappa shape index (κ2) is 5.06. The lowest BCUT2D eigenvalue weighted by molar-refractivity contribution is 0.555. The summed E-state index contributed by atoms with van der Waals surface area (Å²) in [5.41, 5.74) is 0. The summed E-state index contributed by atoms with van der Waals surface area (Å²) < 4.78 is 52.0. The summed E-state index contributed by atoms with van der Waals surface area (Å²) in [4.78, 5) is -0.816. The molecule has 1 heterocycles. The molecule has 1 aromatic carbocycles. The van der Waals surface area contributed by atoms with E-state index in [1.165, 1.54) is 12.1 Å². The Balaban J connectivity index is 2.37. The number of hydrogen-bond donors (Lipinski definition) is 1. The predicted octanol–water partition coefficient (Wildman–Crippen LogP) is 2.21. The monoisotopic (exact) mass is 305 g/mol. The zero-order valence-electron chi connectivity index (χ0n) is 9.14. The summed E-state index contributed by atoms with van der Waals surface area (Å²) in [6, 6.07) is 4.65. The van der Waals surface area contributed by atoms with Crippen LogP contribution in [0.2, 0.25) is 5.15 Å². The molecule has 1 N–H and O–H groups in total. The maximum atomic E-state index is 13.4. The molecule has 100 valence electrons. The van der Waals surface area contributed by atoms with Crippen molar-refractivity contribution in [2.24, 2.45) is 0 Å². The van der Waals surface area contributed by atoms with Gasteiger partial charge in [0, 0.05) is 0 Å². The fraction of sp³-hybridized carbons (Fsp3) is 0. The number of benzene rings is 1. The Labute approximate surface area is 112 Å². The Kier molecular flexibility index (Phi) is 3.63. The molecule has 2 aromatic rings. The van der Waals surface area contributed by atoms with Crippen LogP contribution in [0.3, 0.4) is 0 Å². The minimum Gasteiger partial charge on any atom is -0.262 e. The number of aromatic nitrogens is 2. The van der Waals surface area contributed by atoms with Crippen LogP contribution in [0, 0.1) is 11.6 Å². The van der Waals surface area contributed by atoms with E-state index in [1.807, 2.05) is 4.72 Å². The number of nitrogens with zero attached hydrogens (tertiary/aromatic N) is 2. The van der Waals surface area contributed by atoms with E-state index in [1.54, 1.807) is 0 Å². The molecule has 0 saturated carbocycles. The summed E-state index contributed by atoms with van der Waals surface area (Å²) in [6.45, 7) is 0. The van der Waals surface area contributed by atoms with Crippen molar-refractivity contribution in [1.82, 2.24) is 10.2 Å². The molecule has 0 amide bonds. The first-order valence-electron chi connectivity index (χ1n) is 4.85. The molecule has 19 heavy (non-hydrogen) atoms. The van der Waals surface area contributed by atoms with E-state index in [-0.39, 0.29) is 11.0 Å². The molecule has 0 unspecified atom stereocenters. The summed E-state index contributed by atoms with van der Waals surface area (Å²) >= 11 is 5.49. The van der Waals surface area contributed by atoms with Gasteiger partial charge in [-0.05, 0) is 30.3 Å². The van der Waals surface area contributed by atoms with Crippen LogP contribution in [0.15, 0.2) is 35.2 Å². The number of halogens is 3. The van der Waals surface area contributed by atoms with Gasteiger partial charge in [0.25, 0.3) is 10.0 Å². The molecule has 0 spiro atoms. The van der Waals surface area contributed by atoms with E-state index < -0.39 is 26.6 Å². The Morgan fingerprint density at radius 3 is 2.47 bits per heavy atom. The van der Waals surface area contributed by atoms with Crippen molar-refractivity contribution in [3.63, 3.8) is 0 Å². The van der Waals surface area contributed by atoms with Gasteiger partial charge in [-0.25, -0.2) is 17.2 Å². The highest BCUT2D eigenvalue weighted by Crippen LogP contribution is 2.19. The maximum absolute atomic E-state index is 13.4. The lowest BCUT2D eigenvalue weighted by Crippen LogP contribution is -2.16. The van der Waals surface area contributed by atoms with Crippen LogP contribution in [0.5, 0.6) is 0 Å². The number of anilines is 1. The van der Waals surface area contributed by atoms with Crippen LogP contribution >= 0.6 is 11.6 Å². The third-order valence-electron chi connectivity index (χ3n) is 2.05. The van der Waals surface area contributed by atoms with Crippen LogP contribution < -0.4 is 4.72 Å². The van der Waals surface area contributed by atoms with Crippen molar-refractivity contribution in [3.8, 4) is 0 Å². The van der Waals surface area contributed by atoms with Crippen molar-refractivity contribution in [2.45, 2.75) is 4.90 Å². The van der Waals surface area contributed by atoms with E-state index in [0.29, 0.717) is 6.07 Å². The molecule has 0 saturated heterocycles. The zero-order chi connectivity index (χ0) is 14.0. The second-order valence-corrected chi connectivity index (χ2v) is 5.46. The SMILES string of the molecule is O=S(=O)(Nc1ccc(Cl)nn1)c1cc(F)ccc1F. The van der Waals surface area contributed by atoms with Crippen LogP contribution in [-0.4, -0.2) is 18.6 Å². The Hall–Kier alpha value is -1.80. The predicted molar refractivity (Wildman–Crippen MR) is 64.2 cm³/mol. The summed E-state index contributed by atoms with van der Waals surface area (Å²) in [7, 11) is -4.29. The normalized spacial score (nSPS) is 11.3. The smallest absolute Gasteiger partial charge is 0.262 e. The standard InChI is InChI=1S/C10H6ClF2N3O2S/c11-9-3-4-10(15-14-9)16-19(17,18)8-5-6(12)1-2-7(8)13/h1-5H,(H,15,16). The van der Waals surface area contributed by atoms with Crippen LogP contribution in [0.4, 0.5) is 14.6 Å². The molecule has 0 radical (unpaired) electrons. The minimum atomic E-state index is -4.29. The first-order chi connectivity index (χ1) is 8.88. The first-order valence-corrected chi connectivity index (χ1v) is 6.72. The van der Waals surface area contributed by atoms with Gasteiger partial charge in [-0.3, -0.25) is 4.72 Å². The largest absolute Gasteiger partial charge is 0.266 e. The molecule has 5 nitrogen and oxygen atoms in total. The number of nitrogens with one attached hydrogen (secondary N) is 1. The molecule has 1 aromatic heterocycles. The van der Waals surface area contributed by atoms with E-state index >= 15 is 0 Å². The molecular weight excluding hydrogens is 300 g/mol. The fourth-order valence-electron chi connectivity index (χ4n) is 1.25. The van der Waals surface area contributed by atoms with E-state index in [9.17, 15) is 17.2 Å². The Bertz CT molecular complexity index is 707. The highest BCUT2D eigenvalue weighted by molar-refractivity contribution is 7.92. The van der Waals surface area contributed by atoms with Crippen LogP contribution in [-0.2, 0) is 10.0 Å². The van der Waals surface area contributed by atoms with E-state index in [0.717, 1.165) is 12.1 Å². The van der Waals surface area contributed by atoms with Gasteiger partial charge >= 0.3 is 0 Å². The topological polar surface area (TPSA) is 72.0 Å². The molecule has 0 fully saturated rings. The number of rotatable bonds is 3. The lowest BCUT2D eigenvalue weighted by Gasteiger charge is -2.07. The third-order valence-corrected chi connectivity index (χ3v) is 3.63. The van der Waals surface area contributed by atoms with Crippen molar-refractivity contribution in [1.29, 1.82) is 0 Å². The molecule has 0 aliphatic carbocycles. The van der Waals surface area contributed by atoms with Crippen molar-refractivity contribution in [2.75, 3.05) is 4.72 Å². The van der Waals surface area contributed by atoms with Crippen molar-refractivity contribution >= 4 is 27.4 Å². The zero-order valence-corrected chi connectivity index (χ0v) is 10.7. The summed E-state index contributed by atoms with van der Waals surface area (Å²) in [5, 5.41) is 6.94.